The van der Waals surface area contributed by atoms with Crippen molar-refractivity contribution in [3.8, 4) is 5.75 Å². The quantitative estimate of drug-likeness (QED) is 0.271. The van der Waals surface area contributed by atoms with Gasteiger partial charge >= 0.3 is 0 Å². The lowest BCUT2D eigenvalue weighted by Gasteiger charge is -2.33. The molecule has 0 aliphatic rings. The molecule has 0 saturated heterocycles. The van der Waals surface area contributed by atoms with Gasteiger partial charge in [0.25, 0.3) is 10.0 Å². The van der Waals surface area contributed by atoms with Gasteiger partial charge in [-0.05, 0) is 67.3 Å². The van der Waals surface area contributed by atoms with E-state index < -0.39 is 34.3 Å². The molecule has 0 aliphatic carbocycles. The highest BCUT2D eigenvalue weighted by atomic mass is 35.5. The number of carbonyl (C=O) groups excluding carboxylic acids is 2. The van der Waals surface area contributed by atoms with Crippen molar-refractivity contribution in [1.29, 1.82) is 0 Å². The molecule has 226 valence electrons. The molecule has 1 atom stereocenters. The number of nitrogens with one attached hydrogen (secondary N) is 1. The number of sulfonamides is 1. The zero-order chi connectivity index (χ0) is 31.0. The monoisotopic (exact) mass is 617 g/mol. The molecule has 3 rings (SSSR count). The summed E-state index contributed by atoms with van der Waals surface area (Å²) in [6.45, 7) is 7.28. The summed E-state index contributed by atoms with van der Waals surface area (Å²) < 4.78 is 47.8. The largest absolute Gasteiger partial charge is 0.495 e. The Balaban J connectivity index is 2.08. The molecule has 1 unspecified atom stereocenters. The minimum Gasteiger partial charge on any atom is -0.495 e. The van der Waals surface area contributed by atoms with Crippen LogP contribution in [0.25, 0.3) is 0 Å². The number of nitrogens with zero attached hydrogens (tertiary/aromatic N) is 2. The molecule has 0 aromatic heterocycles. The van der Waals surface area contributed by atoms with Gasteiger partial charge in [-0.25, -0.2) is 12.8 Å². The highest BCUT2D eigenvalue weighted by molar-refractivity contribution is 7.92. The molecule has 3 aromatic carbocycles. The number of aryl methyl sites for hydroxylation is 1. The van der Waals surface area contributed by atoms with Crippen molar-refractivity contribution in [1.82, 2.24) is 10.2 Å². The zero-order valence-electron chi connectivity index (χ0n) is 24.4. The molecule has 2 amide bonds. The van der Waals surface area contributed by atoms with Crippen molar-refractivity contribution in [3.63, 3.8) is 0 Å². The second-order valence-electron chi connectivity index (χ2n) is 10.4. The molecular weight excluding hydrogens is 581 g/mol. The van der Waals surface area contributed by atoms with Gasteiger partial charge in [-0.2, -0.15) is 0 Å². The Bertz CT molecular complexity index is 1480. The molecule has 8 nitrogen and oxygen atoms in total. The Morgan fingerprint density at radius 3 is 2.21 bits per heavy atom. The van der Waals surface area contributed by atoms with Gasteiger partial charge in [-0.1, -0.05) is 62.2 Å². The van der Waals surface area contributed by atoms with Crippen molar-refractivity contribution in [2.45, 2.75) is 51.6 Å². The number of hydrogen-bond donors (Lipinski definition) is 1. The van der Waals surface area contributed by atoms with Crippen LogP contribution in [0.15, 0.2) is 71.6 Å². The van der Waals surface area contributed by atoms with Gasteiger partial charge < -0.3 is 15.0 Å². The van der Waals surface area contributed by atoms with E-state index >= 15 is 0 Å². The molecule has 42 heavy (non-hydrogen) atoms. The van der Waals surface area contributed by atoms with Crippen LogP contribution in [0.1, 0.15) is 38.3 Å². The van der Waals surface area contributed by atoms with Crippen LogP contribution in [0.4, 0.5) is 10.1 Å². The van der Waals surface area contributed by atoms with Gasteiger partial charge in [-0.15, -0.1) is 0 Å². The van der Waals surface area contributed by atoms with Gasteiger partial charge in [-0.3, -0.25) is 13.9 Å². The number of benzene rings is 3. The van der Waals surface area contributed by atoms with E-state index in [-0.39, 0.29) is 40.4 Å². The Hall–Kier alpha value is -3.63. The maximum atomic E-state index is 14.1. The normalized spacial score (nSPS) is 12.1. The van der Waals surface area contributed by atoms with Crippen molar-refractivity contribution in [3.05, 3.63) is 88.7 Å². The smallest absolute Gasteiger partial charge is 0.264 e. The Labute approximate surface area is 252 Å². The first-order valence-electron chi connectivity index (χ1n) is 13.6. The highest BCUT2D eigenvalue weighted by Crippen LogP contribution is 2.32. The molecule has 0 heterocycles. The van der Waals surface area contributed by atoms with E-state index in [2.05, 4.69) is 5.32 Å². The fraction of sp³-hybridized carbons (Fsp3) is 0.355. The van der Waals surface area contributed by atoms with Crippen LogP contribution in [-0.2, 0) is 26.2 Å². The molecule has 0 spiro atoms. The van der Waals surface area contributed by atoms with E-state index in [9.17, 15) is 22.4 Å². The van der Waals surface area contributed by atoms with Gasteiger partial charge in [0.1, 0.15) is 24.2 Å². The molecule has 3 aromatic rings. The van der Waals surface area contributed by atoms with Crippen LogP contribution < -0.4 is 14.4 Å². The van der Waals surface area contributed by atoms with Crippen LogP contribution in [0, 0.1) is 18.7 Å². The summed E-state index contributed by atoms with van der Waals surface area (Å²) in [7, 11) is -2.81. The van der Waals surface area contributed by atoms with Crippen molar-refractivity contribution in [2.75, 3.05) is 24.5 Å². The predicted octanol–water partition coefficient (Wildman–Crippen LogP) is 5.57. The maximum absolute atomic E-state index is 14.1. The lowest BCUT2D eigenvalue weighted by atomic mass is 10.1. The van der Waals surface area contributed by atoms with Crippen LogP contribution in [0.5, 0.6) is 5.75 Å². The first kappa shape index (κ1) is 32.9. The minimum atomic E-state index is -4.25. The minimum absolute atomic E-state index is 0.0142. The summed E-state index contributed by atoms with van der Waals surface area (Å²) in [5.74, 6) is -0.895. The second kappa shape index (κ2) is 14.5. The molecule has 0 aliphatic heterocycles. The molecule has 0 radical (unpaired) electrons. The lowest BCUT2D eigenvalue weighted by Crippen LogP contribution is -2.52. The van der Waals surface area contributed by atoms with Crippen molar-refractivity contribution >= 4 is 39.1 Å². The number of halogens is 2. The molecular formula is C31H37ClFN3O5S. The zero-order valence-corrected chi connectivity index (χ0v) is 26.0. The number of carbonyl (C=O) groups is 2. The first-order valence-corrected chi connectivity index (χ1v) is 15.4. The summed E-state index contributed by atoms with van der Waals surface area (Å²) >= 11 is 6.36. The Morgan fingerprint density at radius 2 is 1.67 bits per heavy atom. The third kappa shape index (κ3) is 8.23. The first-order chi connectivity index (χ1) is 19.9. The van der Waals surface area contributed by atoms with E-state index in [0.717, 1.165) is 9.87 Å². The van der Waals surface area contributed by atoms with E-state index in [1.54, 1.807) is 19.1 Å². The number of amides is 2. The lowest BCUT2D eigenvalue weighted by molar-refractivity contribution is -0.140. The van der Waals surface area contributed by atoms with Gasteiger partial charge in [0.05, 0.1) is 22.7 Å². The van der Waals surface area contributed by atoms with E-state index in [1.807, 2.05) is 20.8 Å². The molecule has 0 fully saturated rings. The summed E-state index contributed by atoms with van der Waals surface area (Å²) in [5, 5.41) is 3.04. The topological polar surface area (TPSA) is 96.0 Å². The standard InChI is InChI=1S/C31H37ClFN3O5S/c1-6-28(31(38)34-18-21(2)3)35(19-23-9-11-24(33)12-10-23)30(37)20-36(25-13-16-29(41-5)27(32)17-25)42(39,40)26-14-7-22(4)8-15-26/h7-17,21,28H,6,18-20H2,1-5H3,(H,34,38). The molecule has 11 heteroatoms. The second-order valence-corrected chi connectivity index (χ2v) is 12.6. The Morgan fingerprint density at radius 1 is 1.02 bits per heavy atom. The van der Waals surface area contributed by atoms with Crippen LogP contribution in [0.2, 0.25) is 5.02 Å². The fourth-order valence-electron chi connectivity index (χ4n) is 4.31. The fourth-order valence-corrected chi connectivity index (χ4v) is 5.96. The summed E-state index contributed by atoms with van der Waals surface area (Å²) in [5.41, 5.74) is 1.60. The molecule has 0 saturated carbocycles. The molecule has 1 N–H and O–H groups in total. The number of rotatable bonds is 13. The third-order valence-electron chi connectivity index (χ3n) is 6.65. The average Bonchev–Trinajstić information content (AvgIpc) is 2.95. The maximum Gasteiger partial charge on any atom is 0.264 e. The van der Waals surface area contributed by atoms with Crippen molar-refractivity contribution in [2.24, 2.45) is 5.92 Å². The van der Waals surface area contributed by atoms with Gasteiger partial charge in [0.15, 0.2) is 0 Å². The summed E-state index contributed by atoms with van der Waals surface area (Å²) in [6.07, 6.45) is 0.274. The Kier molecular flexibility index (Phi) is 11.4. The number of hydrogen-bond acceptors (Lipinski definition) is 5. The summed E-state index contributed by atoms with van der Waals surface area (Å²) in [6, 6.07) is 15.4. The number of methoxy groups -OCH3 is 1. The third-order valence-corrected chi connectivity index (χ3v) is 8.73. The van der Waals surface area contributed by atoms with Gasteiger partial charge in [0.2, 0.25) is 11.8 Å². The van der Waals surface area contributed by atoms with Crippen LogP contribution >= 0.6 is 11.6 Å². The highest BCUT2D eigenvalue weighted by Gasteiger charge is 2.34. The van der Waals surface area contributed by atoms with Crippen LogP contribution in [-0.4, -0.2) is 51.4 Å². The summed E-state index contributed by atoms with van der Waals surface area (Å²) in [4.78, 5) is 28.7. The van der Waals surface area contributed by atoms with Gasteiger partial charge in [0, 0.05) is 13.1 Å². The van der Waals surface area contributed by atoms with E-state index in [0.29, 0.717) is 17.9 Å². The van der Waals surface area contributed by atoms with E-state index in [4.69, 9.17) is 16.3 Å². The number of anilines is 1. The SMILES string of the molecule is CCC(C(=O)NCC(C)C)N(Cc1ccc(F)cc1)C(=O)CN(c1ccc(OC)c(Cl)c1)S(=O)(=O)c1ccc(C)cc1. The molecule has 0 bridgehead atoms. The average molecular weight is 618 g/mol. The number of ether oxygens (including phenoxy) is 1. The van der Waals surface area contributed by atoms with Crippen LogP contribution in [0.3, 0.4) is 0 Å². The van der Waals surface area contributed by atoms with Crippen molar-refractivity contribution < 1.29 is 27.1 Å². The van der Waals surface area contributed by atoms with E-state index in [1.165, 1.54) is 66.6 Å². The predicted molar refractivity (Wildman–Crippen MR) is 163 cm³/mol.